The van der Waals surface area contributed by atoms with E-state index in [-0.39, 0.29) is 17.7 Å². The summed E-state index contributed by atoms with van der Waals surface area (Å²) in [6.45, 7) is 3.55. The average molecular weight is 399 g/mol. The van der Waals surface area contributed by atoms with Gasteiger partial charge in [0.15, 0.2) is 0 Å². The first-order valence-electron chi connectivity index (χ1n) is 11.1. The van der Waals surface area contributed by atoms with Crippen molar-refractivity contribution in [2.24, 2.45) is 11.8 Å². The number of carbonyl (C=O) groups excluding carboxylic acids is 2. The van der Waals surface area contributed by atoms with Crippen molar-refractivity contribution in [2.45, 2.75) is 44.6 Å². The normalized spacial score (nSPS) is 22.9. The van der Waals surface area contributed by atoms with Crippen molar-refractivity contribution in [1.82, 2.24) is 9.80 Å². The van der Waals surface area contributed by atoms with Crippen LogP contribution in [0.5, 0.6) is 0 Å². The zero-order valence-electron chi connectivity index (χ0n) is 17.8. The fourth-order valence-electron chi connectivity index (χ4n) is 4.49. The number of carbonyl (C=O) groups is 2. The number of likely N-dealkylation sites (tertiary alicyclic amines) is 1. The van der Waals surface area contributed by atoms with Crippen molar-refractivity contribution in [3.63, 3.8) is 0 Å². The summed E-state index contributed by atoms with van der Waals surface area (Å²) < 4.78 is 0. The average Bonchev–Trinajstić information content (AvgIpc) is 3.39. The number of amides is 2. The third-order valence-corrected chi connectivity index (χ3v) is 6.77. The number of piperidine rings is 1. The van der Waals surface area contributed by atoms with Gasteiger partial charge >= 0.3 is 0 Å². The summed E-state index contributed by atoms with van der Waals surface area (Å²) in [5, 5.41) is 3.07. The lowest BCUT2D eigenvalue weighted by Gasteiger charge is -2.31. The van der Waals surface area contributed by atoms with Gasteiger partial charge in [0.05, 0.1) is 0 Å². The molecule has 2 saturated heterocycles. The topological polar surface area (TPSA) is 55.9 Å². The fourth-order valence-corrected chi connectivity index (χ4v) is 4.49. The van der Waals surface area contributed by atoms with Crippen LogP contribution in [0.3, 0.4) is 0 Å². The van der Waals surface area contributed by atoms with Crippen molar-refractivity contribution in [2.75, 3.05) is 50.5 Å². The summed E-state index contributed by atoms with van der Waals surface area (Å²) >= 11 is 0. The van der Waals surface area contributed by atoms with E-state index in [9.17, 15) is 9.59 Å². The lowest BCUT2D eigenvalue weighted by Crippen LogP contribution is -2.41. The van der Waals surface area contributed by atoms with Gasteiger partial charge in [0.25, 0.3) is 0 Å². The molecule has 1 atom stereocenters. The van der Waals surface area contributed by atoms with Gasteiger partial charge in [0.1, 0.15) is 0 Å². The van der Waals surface area contributed by atoms with E-state index in [0.717, 1.165) is 31.6 Å². The summed E-state index contributed by atoms with van der Waals surface area (Å²) in [5.41, 5.74) is 2.07. The highest BCUT2D eigenvalue weighted by molar-refractivity contribution is 5.93. The van der Waals surface area contributed by atoms with E-state index in [0.29, 0.717) is 31.5 Å². The summed E-state index contributed by atoms with van der Waals surface area (Å²) in [7, 11) is 4.28. The molecule has 0 radical (unpaired) electrons. The first kappa shape index (κ1) is 20.2. The van der Waals surface area contributed by atoms with Crippen molar-refractivity contribution < 1.29 is 9.59 Å². The molecular formula is C23H34N4O2. The Morgan fingerprint density at radius 3 is 2.28 bits per heavy atom. The predicted octanol–water partition coefficient (Wildman–Crippen LogP) is 2.80. The highest BCUT2D eigenvalue weighted by Gasteiger charge is 2.31. The van der Waals surface area contributed by atoms with E-state index in [4.69, 9.17) is 0 Å². The van der Waals surface area contributed by atoms with E-state index in [1.807, 2.05) is 17.0 Å². The van der Waals surface area contributed by atoms with Crippen LogP contribution in [-0.4, -0.2) is 67.9 Å². The summed E-state index contributed by atoms with van der Waals surface area (Å²) in [6.07, 6.45) is 5.83. The molecule has 0 spiro atoms. The Morgan fingerprint density at radius 1 is 1.00 bits per heavy atom. The Bertz CT molecular complexity index is 721. The summed E-state index contributed by atoms with van der Waals surface area (Å²) in [5.74, 6) is 0.987. The molecule has 1 saturated carbocycles. The molecular weight excluding hydrogens is 364 g/mol. The van der Waals surface area contributed by atoms with Crippen molar-refractivity contribution in [3.8, 4) is 0 Å². The first-order chi connectivity index (χ1) is 14.0. The van der Waals surface area contributed by atoms with E-state index < -0.39 is 0 Å². The smallest absolute Gasteiger partial charge is 0.227 e. The van der Waals surface area contributed by atoms with Gasteiger partial charge in [-0.3, -0.25) is 9.59 Å². The van der Waals surface area contributed by atoms with E-state index in [2.05, 4.69) is 41.3 Å². The molecule has 1 aromatic rings. The number of benzene rings is 1. The van der Waals surface area contributed by atoms with Crippen LogP contribution in [0.15, 0.2) is 24.3 Å². The minimum Gasteiger partial charge on any atom is -0.370 e. The largest absolute Gasteiger partial charge is 0.370 e. The van der Waals surface area contributed by atoms with Crippen LogP contribution in [0, 0.1) is 11.8 Å². The van der Waals surface area contributed by atoms with Crippen molar-refractivity contribution >= 4 is 23.2 Å². The van der Waals surface area contributed by atoms with Crippen LogP contribution < -0.4 is 10.2 Å². The van der Waals surface area contributed by atoms with Gasteiger partial charge in [-0.1, -0.05) is 0 Å². The Balaban J connectivity index is 1.24. The molecule has 1 aromatic carbocycles. The zero-order valence-corrected chi connectivity index (χ0v) is 17.8. The predicted molar refractivity (Wildman–Crippen MR) is 116 cm³/mol. The third-order valence-electron chi connectivity index (χ3n) is 6.77. The van der Waals surface area contributed by atoms with Gasteiger partial charge in [-0.25, -0.2) is 0 Å². The second kappa shape index (κ2) is 8.74. The summed E-state index contributed by atoms with van der Waals surface area (Å²) in [4.78, 5) is 31.5. The number of hydrogen-bond donors (Lipinski definition) is 1. The fraction of sp³-hybridized carbons (Fsp3) is 0.652. The molecule has 3 fully saturated rings. The van der Waals surface area contributed by atoms with Gasteiger partial charge in [-0.2, -0.15) is 0 Å². The number of nitrogens with zero attached hydrogens (tertiary/aromatic N) is 3. The minimum atomic E-state index is -0.000849. The van der Waals surface area contributed by atoms with Crippen LogP contribution in [0.25, 0.3) is 0 Å². The standard InChI is InChI=1S/C23H34N4O2/c1-25(2)21-11-14-27(16-21)20-7-5-19(6-8-20)24-23(29)18-9-12-26(13-10-18)22(28)15-17-3-4-17/h5-8,17-18,21H,3-4,9-16H2,1-2H3,(H,24,29). The number of rotatable bonds is 6. The molecule has 4 rings (SSSR count). The maximum absolute atomic E-state index is 12.7. The van der Waals surface area contributed by atoms with Crippen LogP contribution in [0.4, 0.5) is 11.4 Å². The first-order valence-corrected chi connectivity index (χ1v) is 11.1. The molecule has 6 nitrogen and oxygen atoms in total. The lowest BCUT2D eigenvalue weighted by atomic mass is 9.95. The van der Waals surface area contributed by atoms with Gasteiger partial charge in [-0.05, 0) is 76.4 Å². The quantitative estimate of drug-likeness (QED) is 0.801. The molecule has 158 valence electrons. The van der Waals surface area contributed by atoms with Gasteiger partial charge in [0, 0.05) is 55.9 Å². The molecule has 1 unspecified atom stereocenters. The van der Waals surface area contributed by atoms with Crippen LogP contribution in [0.1, 0.15) is 38.5 Å². The van der Waals surface area contributed by atoms with E-state index in [1.165, 1.54) is 24.9 Å². The monoisotopic (exact) mass is 398 g/mol. The zero-order chi connectivity index (χ0) is 20.4. The molecule has 0 aromatic heterocycles. The Morgan fingerprint density at radius 2 is 1.69 bits per heavy atom. The van der Waals surface area contributed by atoms with Crippen LogP contribution >= 0.6 is 0 Å². The Hall–Kier alpha value is -2.08. The third kappa shape index (κ3) is 5.10. The Labute approximate surface area is 174 Å². The van der Waals surface area contributed by atoms with Crippen LogP contribution in [0.2, 0.25) is 0 Å². The molecule has 2 amide bonds. The van der Waals surface area contributed by atoms with Crippen molar-refractivity contribution in [1.29, 1.82) is 0 Å². The van der Waals surface area contributed by atoms with Gasteiger partial charge in [0.2, 0.25) is 11.8 Å². The second-order valence-electron chi connectivity index (χ2n) is 9.19. The molecule has 2 aliphatic heterocycles. The lowest BCUT2D eigenvalue weighted by molar-refractivity contribution is -0.134. The molecule has 3 aliphatic rings. The molecule has 29 heavy (non-hydrogen) atoms. The SMILES string of the molecule is CN(C)C1CCN(c2ccc(NC(=O)C3CCN(C(=O)CC4CC4)CC3)cc2)C1. The van der Waals surface area contributed by atoms with Crippen molar-refractivity contribution in [3.05, 3.63) is 24.3 Å². The maximum atomic E-state index is 12.7. The number of anilines is 2. The molecule has 1 aliphatic carbocycles. The van der Waals surface area contributed by atoms with Gasteiger partial charge in [-0.15, -0.1) is 0 Å². The minimum absolute atomic E-state index is 0.000849. The maximum Gasteiger partial charge on any atom is 0.227 e. The highest BCUT2D eigenvalue weighted by atomic mass is 16.2. The number of nitrogens with one attached hydrogen (secondary N) is 1. The number of likely N-dealkylation sites (N-methyl/N-ethyl adjacent to an activating group) is 1. The van der Waals surface area contributed by atoms with Crippen LogP contribution in [-0.2, 0) is 9.59 Å². The molecule has 2 heterocycles. The van der Waals surface area contributed by atoms with Gasteiger partial charge < -0.3 is 20.0 Å². The van der Waals surface area contributed by atoms with E-state index in [1.54, 1.807) is 0 Å². The highest BCUT2D eigenvalue weighted by Crippen LogP contribution is 2.33. The Kier molecular flexibility index (Phi) is 6.09. The summed E-state index contributed by atoms with van der Waals surface area (Å²) in [6, 6.07) is 8.82. The molecule has 0 bridgehead atoms. The number of hydrogen-bond acceptors (Lipinski definition) is 4. The second-order valence-corrected chi connectivity index (χ2v) is 9.19. The molecule has 6 heteroatoms. The molecule has 1 N–H and O–H groups in total. The van der Waals surface area contributed by atoms with E-state index >= 15 is 0 Å².